The van der Waals surface area contributed by atoms with Crippen LogP contribution in [0, 0.1) is 6.92 Å². The average Bonchev–Trinajstić information content (AvgIpc) is 2.61. The summed E-state index contributed by atoms with van der Waals surface area (Å²) in [4.78, 5) is 4.19. The number of ether oxygens (including phenoxy) is 3. The van der Waals surface area contributed by atoms with Crippen LogP contribution in [0.3, 0.4) is 0 Å². The second kappa shape index (κ2) is 8.89. The van der Waals surface area contributed by atoms with Gasteiger partial charge in [-0.1, -0.05) is 17.7 Å². The van der Waals surface area contributed by atoms with Gasteiger partial charge in [-0.2, -0.15) is 8.78 Å². The average molecular weight is 365 g/mol. The Hall–Kier alpha value is -3.03. The molecular weight excluding hydrogens is 344 g/mol. The summed E-state index contributed by atoms with van der Waals surface area (Å²) in [5, 5.41) is 2.92. The number of nitrogens with zero attached hydrogens (tertiary/aromatic N) is 1. The number of alkyl halides is 2. The number of guanidine groups is 1. The first-order chi connectivity index (χ1) is 12.4. The maximum Gasteiger partial charge on any atom is 0.387 e. The summed E-state index contributed by atoms with van der Waals surface area (Å²) in [5.41, 5.74) is 7.89. The quantitative estimate of drug-likeness (QED) is 0.580. The van der Waals surface area contributed by atoms with Crippen LogP contribution in [0.2, 0.25) is 0 Å². The Labute approximate surface area is 150 Å². The lowest BCUT2D eigenvalue weighted by molar-refractivity contribution is -0.0504. The van der Waals surface area contributed by atoms with Gasteiger partial charge in [0.25, 0.3) is 0 Å². The zero-order valence-corrected chi connectivity index (χ0v) is 14.8. The Morgan fingerprint density at radius 2 is 1.85 bits per heavy atom. The molecule has 0 saturated heterocycles. The number of nitrogens with two attached hydrogens (primary N) is 1. The van der Waals surface area contributed by atoms with Gasteiger partial charge in [0.1, 0.15) is 17.2 Å². The molecule has 0 aromatic heterocycles. The van der Waals surface area contributed by atoms with Crippen LogP contribution in [-0.2, 0) is 6.54 Å². The van der Waals surface area contributed by atoms with Gasteiger partial charge in [0.2, 0.25) is 0 Å². The molecule has 6 nitrogen and oxygen atoms in total. The van der Waals surface area contributed by atoms with Gasteiger partial charge in [-0.25, -0.2) is 4.99 Å². The number of aryl methyl sites for hydroxylation is 1. The van der Waals surface area contributed by atoms with Crippen molar-refractivity contribution in [2.24, 2.45) is 10.7 Å². The molecule has 0 atom stereocenters. The first kappa shape index (κ1) is 19.3. The molecule has 2 rings (SSSR count). The molecule has 0 aliphatic carbocycles. The van der Waals surface area contributed by atoms with Gasteiger partial charge in [0.05, 0.1) is 26.5 Å². The van der Waals surface area contributed by atoms with Crippen LogP contribution >= 0.6 is 0 Å². The van der Waals surface area contributed by atoms with E-state index in [1.165, 1.54) is 13.2 Å². The van der Waals surface area contributed by atoms with E-state index in [0.717, 1.165) is 5.56 Å². The summed E-state index contributed by atoms with van der Waals surface area (Å²) in [6.07, 6.45) is 0. The highest BCUT2D eigenvalue weighted by Crippen LogP contribution is 2.29. The van der Waals surface area contributed by atoms with Crippen LogP contribution in [0.15, 0.2) is 41.4 Å². The fourth-order valence-corrected chi connectivity index (χ4v) is 2.30. The third-order valence-electron chi connectivity index (χ3n) is 3.52. The number of nitrogens with one attached hydrogen (secondary N) is 1. The molecule has 8 heteroatoms. The Balaban J connectivity index is 2.17. The van der Waals surface area contributed by atoms with Crippen LogP contribution < -0.4 is 25.3 Å². The molecule has 140 valence electrons. The van der Waals surface area contributed by atoms with E-state index in [0.29, 0.717) is 22.7 Å². The lowest BCUT2D eigenvalue weighted by atomic mass is 10.1. The monoisotopic (exact) mass is 365 g/mol. The number of methoxy groups -OCH3 is 2. The molecule has 3 N–H and O–H groups in total. The lowest BCUT2D eigenvalue weighted by Gasteiger charge is -2.13. The molecule has 2 aromatic carbocycles. The summed E-state index contributed by atoms with van der Waals surface area (Å²) in [5.74, 6) is 1.34. The SMILES string of the molecule is COc1ccc(OC)c(NC(N)=NCc2cc(C)ccc2OC(F)F)c1. The van der Waals surface area contributed by atoms with Gasteiger partial charge in [-0.05, 0) is 25.1 Å². The minimum absolute atomic E-state index is 0.0705. The van der Waals surface area contributed by atoms with Crippen LogP contribution in [0.1, 0.15) is 11.1 Å². The Bertz CT molecular complexity index is 782. The van der Waals surface area contributed by atoms with Crippen molar-refractivity contribution in [3.05, 3.63) is 47.5 Å². The van der Waals surface area contributed by atoms with Gasteiger partial charge in [-0.15, -0.1) is 0 Å². The molecule has 2 aromatic rings. The molecule has 0 saturated carbocycles. The molecule has 0 spiro atoms. The minimum Gasteiger partial charge on any atom is -0.497 e. The van der Waals surface area contributed by atoms with Crippen LogP contribution in [-0.4, -0.2) is 26.8 Å². The van der Waals surface area contributed by atoms with E-state index in [2.05, 4.69) is 15.0 Å². The largest absolute Gasteiger partial charge is 0.497 e. The van der Waals surface area contributed by atoms with Crippen LogP contribution in [0.5, 0.6) is 17.2 Å². The number of hydrogen-bond acceptors (Lipinski definition) is 4. The van der Waals surface area contributed by atoms with Crippen molar-refractivity contribution in [1.82, 2.24) is 0 Å². The lowest BCUT2D eigenvalue weighted by Crippen LogP contribution is -2.23. The second-order valence-electron chi connectivity index (χ2n) is 5.38. The third-order valence-corrected chi connectivity index (χ3v) is 3.52. The molecule has 0 bridgehead atoms. The predicted molar refractivity (Wildman–Crippen MR) is 96.3 cm³/mol. The smallest absolute Gasteiger partial charge is 0.387 e. The summed E-state index contributed by atoms with van der Waals surface area (Å²) < 4.78 is 40.0. The van der Waals surface area contributed by atoms with Crippen molar-refractivity contribution in [3.63, 3.8) is 0 Å². The number of rotatable bonds is 7. The van der Waals surface area contributed by atoms with Crippen molar-refractivity contribution in [1.29, 1.82) is 0 Å². The summed E-state index contributed by atoms with van der Waals surface area (Å²) >= 11 is 0. The van der Waals surface area contributed by atoms with E-state index in [-0.39, 0.29) is 18.3 Å². The second-order valence-corrected chi connectivity index (χ2v) is 5.38. The molecule has 0 unspecified atom stereocenters. The van der Waals surface area contributed by atoms with Gasteiger partial charge in [-0.3, -0.25) is 0 Å². The fraction of sp³-hybridized carbons (Fsp3) is 0.278. The van der Waals surface area contributed by atoms with Gasteiger partial charge in [0, 0.05) is 11.6 Å². The van der Waals surface area contributed by atoms with Gasteiger partial charge in [0.15, 0.2) is 5.96 Å². The summed E-state index contributed by atoms with van der Waals surface area (Å²) in [7, 11) is 3.08. The summed E-state index contributed by atoms with van der Waals surface area (Å²) in [6.45, 7) is -0.978. The number of halogens is 2. The van der Waals surface area contributed by atoms with Gasteiger partial charge < -0.3 is 25.3 Å². The standard InChI is InChI=1S/C18H21F2N3O3/c1-11-4-6-15(26-17(19)20)12(8-11)10-22-18(21)23-14-9-13(24-2)5-7-16(14)25-3/h4-9,17H,10H2,1-3H3,(H3,21,22,23). The van der Waals surface area contributed by atoms with Crippen molar-refractivity contribution in [2.75, 3.05) is 19.5 Å². The van der Waals surface area contributed by atoms with E-state index in [1.54, 1.807) is 37.4 Å². The maximum absolute atomic E-state index is 12.5. The van der Waals surface area contributed by atoms with Crippen molar-refractivity contribution < 1.29 is 23.0 Å². The molecule has 0 heterocycles. The van der Waals surface area contributed by atoms with Crippen molar-refractivity contribution in [3.8, 4) is 17.2 Å². The topological polar surface area (TPSA) is 78.1 Å². The molecule has 26 heavy (non-hydrogen) atoms. The number of benzene rings is 2. The third kappa shape index (κ3) is 5.23. The normalized spacial score (nSPS) is 11.4. The molecule has 0 aliphatic rings. The zero-order chi connectivity index (χ0) is 19.1. The van der Waals surface area contributed by atoms with Crippen molar-refractivity contribution in [2.45, 2.75) is 20.1 Å². The highest BCUT2D eigenvalue weighted by Gasteiger charge is 2.10. The Kier molecular flexibility index (Phi) is 6.60. The van der Waals surface area contributed by atoms with E-state index < -0.39 is 6.61 Å². The highest BCUT2D eigenvalue weighted by molar-refractivity contribution is 5.94. The number of hydrogen-bond donors (Lipinski definition) is 2. The summed E-state index contributed by atoms with van der Waals surface area (Å²) in [6, 6.07) is 10.1. The Morgan fingerprint density at radius 1 is 1.12 bits per heavy atom. The van der Waals surface area contributed by atoms with Crippen LogP contribution in [0.25, 0.3) is 0 Å². The van der Waals surface area contributed by atoms with Crippen molar-refractivity contribution >= 4 is 11.6 Å². The molecular formula is C18H21F2N3O3. The van der Waals surface area contributed by atoms with Gasteiger partial charge >= 0.3 is 6.61 Å². The van der Waals surface area contributed by atoms with Crippen LogP contribution in [0.4, 0.5) is 14.5 Å². The number of aliphatic imine (C=N–C) groups is 1. The molecule has 0 amide bonds. The molecule has 0 aliphatic heterocycles. The Morgan fingerprint density at radius 3 is 2.50 bits per heavy atom. The number of anilines is 1. The fourth-order valence-electron chi connectivity index (χ4n) is 2.30. The first-order valence-electron chi connectivity index (χ1n) is 7.76. The molecule has 0 radical (unpaired) electrons. The first-order valence-corrected chi connectivity index (χ1v) is 7.76. The van der Waals surface area contributed by atoms with E-state index in [1.807, 2.05) is 6.92 Å². The molecule has 0 fully saturated rings. The van der Waals surface area contributed by atoms with E-state index >= 15 is 0 Å². The van der Waals surface area contributed by atoms with E-state index in [4.69, 9.17) is 15.2 Å². The van der Waals surface area contributed by atoms with E-state index in [9.17, 15) is 8.78 Å². The highest BCUT2D eigenvalue weighted by atomic mass is 19.3. The minimum atomic E-state index is -2.91. The zero-order valence-electron chi connectivity index (χ0n) is 14.8. The predicted octanol–water partition coefficient (Wildman–Crippen LogP) is 3.54. The maximum atomic E-state index is 12.5.